The highest BCUT2D eigenvalue weighted by Crippen LogP contribution is 2.11. The maximum absolute atomic E-state index is 6.00. The molecule has 2 aromatic rings. The van der Waals surface area contributed by atoms with Gasteiger partial charge in [-0.05, 0) is 24.6 Å². The van der Waals surface area contributed by atoms with E-state index in [1.807, 2.05) is 42.3 Å². The Balaban J connectivity index is 2.05. The van der Waals surface area contributed by atoms with E-state index in [1.165, 1.54) is 11.1 Å². The van der Waals surface area contributed by atoms with E-state index < -0.39 is 0 Å². The molecule has 3 heteroatoms. The van der Waals surface area contributed by atoms with E-state index in [0.29, 0.717) is 5.96 Å². The number of benzene rings is 2. The van der Waals surface area contributed by atoms with E-state index in [9.17, 15) is 0 Å². The standard InChI is InChI=1S/C16H19N3/c1-13-8-10-14(11-9-13)12-19(2)16(17)18-15-6-4-3-5-7-15/h3-11H,12H2,1-2H3,(H2,17,18). The highest BCUT2D eigenvalue weighted by Gasteiger charge is 2.03. The molecule has 0 aliphatic rings. The average Bonchev–Trinajstić information content (AvgIpc) is 2.42. The van der Waals surface area contributed by atoms with Crippen molar-refractivity contribution in [3.63, 3.8) is 0 Å². The number of hydrogen-bond donors (Lipinski definition) is 1. The summed E-state index contributed by atoms with van der Waals surface area (Å²) in [5.41, 5.74) is 9.36. The number of aliphatic imine (C=N–C) groups is 1. The van der Waals surface area contributed by atoms with Crippen molar-refractivity contribution in [3.8, 4) is 0 Å². The number of guanidine groups is 1. The second-order valence-electron chi connectivity index (χ2n) is 4.65. The van der Waals surface area contributed by atoms with Gasteiger partial charge in [-0.2, -0.15) is 0 Å². The Hall–Kier alpha value is -2.29. The molecule has 3 nitrogen and oxygen atoms in total. The molecular weight excluding hydrogens is 234 g/mol. The van der Waals surface area contributed by atoms with E-state index >= 15 is 0 Å². The molecule has 0 saturated carbocycles. The summed E-state index contributed by atoms with van der Waals surface area (Å²) in [6.07, 6.45) is 0. The minimum Gasteiger partial charge on any atom is -0.369 e. The topological polar surface area (TPSA) is 41.6 Å². The van der Waals surface area contributed by atoms with Crippen LogP contribution in [0.2, 0.25) is 0 Å². The summed E-state index contributed by atoms with van der Waals surface area (Å²) in [4.78, 5) is 6.34. The Bertz CT molecular complexity index is 544. The molecule has 0 saturated heterocycles. The van der Waals surface area contributed by atoms with Gasteiger partial charge in [0.15, 0.2) is 5.96 Å². The smallest absolute Gasteiger partial charge is 0.196 e. The minimum absolute atomic E-state index is 0.520. The molecule has 0 heterocycles. The fourth-order valence-corrected chi connectivity index (χ4v) is 1.77. The lowest BCUT2D eigenvalue weighted by molar-refractivity contribution is 0.495. The van der Waals surface area contributed by atoms with Gasteiger partial charge in [-0.25, -0.2) is 4.99 Å². The Morgan fingerprint density at radius 2 is 1.68 bits per heavy atom. The van der Waals surface area contributed by atoms with Crippen molar-refractivity contribution in [1.82, 2.24) is 4.90 Å². The molecule has 19 heavy (non-hydrogen) atoms. The summed E-state index contributed by atoms with van der Waals surface area (Å²) in [6.45, 7) is 2.83. The first-order valence-electron chi connectivity index (χ1n) is 6.31. The van der Waals surface area contributed by atoms with Gasteiger partial charge in [-0.1, -0.05) is 48.0 Å². The lowest BCUT2D eigenvalue weighted by Crippen LogP contribution is -2.33. The normalized spacial score (nSPS) is 11.4. The molecule has 0 atom stereocenters. The molecule has 0 fully saturated rings. The first-order chi connectivity index (χ1) is 9.15. The average molecular weight is 253 g/mol. The van der Waals surface area contributed by atoms with Gasteiger partial charge in [0.2, 0.25) is 0 Å². The highest BCUT2D eigenvalue weighted by molar-refractivity contribution is 5.80. The third-order valence-electron chi connectivity index (χ3n) is 2.93. The Labute approximate surface area is 114 Å². The van der Waals surface area contributed by atoms with Gasteiger partial charge >= 0.3 is 0 Å². The van der Waals surface area contributed by atoms with Crippen LogP contribution in [0.1, 0.15) is 11.1 Å². The second-order valence-corrected chi connectivity index (χ2v) is 4.65. The molecule has 0 aliphatic heterocycles. The van der Waals surface area contributed by atoms with E-state index in [-0.39, 0.29) is 0 Å². The van der Waals surface area contributed by atoms with Crippen molar-refractivity contribution in [2.24, 2.45) is 10.7 Å². The molecule has 0 amide bonds. The van der Waals surface area contributed by atoms with Crippen LogP contribution < -0.4 is 5.73 Å². The summed E-state index contributed by atoms with van der Waals surface area (Å²) in [5.74, 6) is 0.520. The van der Waals surface area contributed by atoms with E-state index in [1.54, 1.807) is 0 Å². The van der Waals surface area contributed by atoms with Crippen LogP contribution in [0.25, 0.3) is 0 Å². The zero-order valence-electron chi connectivity index (χ0n) is 11.4. The van der Waals surface area contributed by atoms with Crippen LogP contribution in [0.15, 0.2) is 59.6 Å². The number of nitrogens with zero attached hydrogens (tertiary/aromatic N) is 2. The highest BCUT2D eigenvalue weighted by atomic mass is 15.2. The molecule has 0 radical (unpaired) electrons. The van der Waals surface area contributed by atoms with Crippen LogP contribution >= 0.6 is 0 Å². The van der Waals surface area contributed by atoms with Crippen molar-refractivity contribution in [1.29, 1.82) is 0 Å². The summed E-state index contributed by atoms with van der Waals surface area (Å²) >= 11 is 0. The van der Waals surface area contributed by atoms with E-state index in [4.69, 9.17) is 5.73 Å². The first-order valence-corrected chi connectivity index (χ1v) is 6.31. The van der Waals surface area contributed by atoms with Gasteiger partial charge in [-0.3, -0.25) is 0 Å². The Kier molecular flexibility index (Phi) is 4.18. The van der Waals surface area contributed by atoms with Crippen LogP contribution in [0.3, 0.4) is 0 Å². The third-order valence-corrected chi connectivity index (χ3v) is 2.93. The van der Waals surface area contributed by atoms with Crippen LogP contribution in [-0.4, -0.2) is 17.9 Å². The lowest BCUT2D eigenvalue weighted by Gasteiger charge is -2.18. The summed E-state index contributed by atoms with van der Waals surface area (Å²) < 4.78 is 0. The predicted octanol–water partition coefficient (Wildman–Crippen LogP) is 3.07. The van der Waals surface area contributed by atoms with Gasteiger partial charge in [0.1, 0.15) is 0 Å². The van der Waals surface area contributed by atoms with Gasteiger partial charge in [0.25, 0.3) is 0 Å². The fraction of sp³-hybridized carbons (Fsp3) is 0.188. The van der Waals surface area contributed by atoms with Crippen molar-refractivity contribution >= 4 is 11.6 Å². The minimum atomic E-state index is 0.520. The molecular formula is C16H19N3. The molecule has 0 unspecified atom stereocenters. The zero-order chi connectivity index (χ0) is 13.7. The SMILES string of the molecule is Cc1ccc(CN(C)C(N)=Nc2ccccc2)cc1. The van der Waals surface area contributed by atoms with Crippen LogP contribution in [0, 0.1) is 6.92 Å². The van der Waals surface area contributed by atoms with Crippen molar-refractivity contribution in [3.05, 3.63) is 65.7 Å². The molecule has 0 aromatic heterocycles. The maximum atomic E-state index is 6.00. The van der Waals surface area contributed by atoms with E-state index in [2.05, 4.69) is 36.2 Å². The molecule has 2 aromatic carbocycles. The number of nitrogens with two attached hydrogens (primary N) is 1. The monoisotopic (exact) mass is 253 g/mol. The maximum Gasteiger partial charge on any atom is 0.196 e. The zero-order valence-corrected chi connectivity index (χ0v) is 11.4. The summed E-state index contributed by atoms with van der Waals surface area (Å²) in [5, 5.41) is 0. The quantitative estimate of drug-likeness (QED) is 0.674. The van der Waals surface area contributed by atoms with Crippen molar-refractivity contribution in [2.75, 3.05) is 7.05 Å². The first kappa shape index (κ1) is 13.1. The Morgan fingerprint density at radius 1 is 1.05 bits per heavy atom. The van der Waals surface area contributed by atoms with Crippen LogP contribution in [-0.2, 0) is 6.54 Å². The van der Waals surface area contributed by atoms with Crippen molar-refractivity contribution < 1.29 is 0 Å². The summed E-state index contributed by atoms with van der Waals surface area (Å²) in [6, 6.07) is 18.2. The number of rotatable bonds is 3. The molecule has 0 spiro atoms. The van der Waals surface area contributed by atoms with Crippen LogP contribution in [0.5, 0.6) is 0 Å². The fourth-order valence-electron chi connectivity index (χ4n) is 1.77. The van der Waals surface area contributed by atoms with Gasteiger partial charge in [-0.15, -0.1) is 0 Å². The molecule has 98 valence electrons. The number of hydrogen-bond acceptors (Lipinski definition) is 1. The van der Waals surface area contributed by atoms with Gasteiger partial charge < -0.3 is 10.6 Å². The Morgan fingerprint density at radius 3 is 2.32 bits per heavy atom. The van der Waals surface area contributed by atoms with Gasteiger partial charge in [0.05, 0.1) is 5.69 Å². The second kappa shape index (κ2) is 6.05. The van der Waals surface area contributed by atoms with Crippen molar-refractivity contribution in [2.45, 2.75) is 13.5 Å². The van der Waals surface area contributed by atoms with E-state index in [0.717, 1.165) is 12.2 Å². The molecule has 2 N–H and O–H groups in total. The largest absolute Gasteiger partial charge is 0.369 e. The molecule has 2 rings (SSSR count). The number of para-hydroxylation sites is 1. The predicted molar refractivity (Wildman–Crippen MR) is 80.4 cm³/mol. The lowest BCUT2D eigenvalue weighted by atomic mass is 10.1. The van der Waals surface area contributed by atoms with Crippen LogP contribution in [0.4, 0.5) is 5.69 Å². The molecule has 0 bridgehead atoms. The van der Waals surface area contributed by atoms with Gasteiger partial charge in [0, 0.05) is 13.6 Å². The number of aryl methyl sites for hydroxylation is 1. The third kappa shape index (κ3) is 3.85. The molecule has 0 aliphatic carbocycles. The summed E-state index contributed by atoms with van der Waals surface area (Å²) in [7, 11) is 1.95.